The van der Waals surface area contributed by atoms with Gasteiger partial charge in [0.05, 0.1) is 5.69 Å². The quantitative estimate of drug-likeness (QED) is 0.606. The number of thioether (sulfide) groups is 1. The van der Waals surface area contributed by atoms with Crippen LogP contribution in [0.25, 0.3) is 0 Å². The van der Waals surface area contributed by atoms with Gasteiger partial charge in [0.1, 0.15) is 5.82 Å². The van der Waals surface area contributed by atoms with Gasteiger partial charge >= 0.3 is 0 Å². The van der Waals surface area contributed by atoms with Crippen molar-refractivity contribution in [3.05, 3.63) is 65.5 Å². The Labute approximate surface area is 140 Å². The van der Waals surface area contributed by atoms with Crippen molar-refractivity contribution in [2.75, 3.05) is 17.6 Å². The van der Waals surface area contributed by atoms with Crippen LogP contribution in [0.2, 0.25) is 0 Å². The zero-order valence-electron chi connectivity index (χ0n) is 12.4. The molecule has 0 heterocycles. The summed E-state index contributed by atoms with van der Waals surface area (Å²) in [6.07, 6.45) is 0. The van der Waals surface area contributed by atoms with E-state index in [1.54, 1.807) is 18.2 Å². The number of aryl methyl sites for hydroxylation is 1. The van der Waals surface area contributed by atoms with Crippen LogP contribution in [-0.2, 0) is 5.75 Å². The molecular weight excluding hydrogens is 315 g/mol. The van der Waals surface area contributed by atoms with Crippen molar-refractivity contribution in [2.45, 2.75) is 12.7 Å². The molecule has 0 aliphatic heterocycles. The van der Waals surface area contributed by atoms with Crippen LogP contribution in [0.15, 0.2) is 48.5 Å². The highest BCUT2D eigenvalue weighted by Crippen LogP contribution is 2.13. The van der Waals surface area contributed by atoms with Crippen molar-refractivity contribution in [3.8, 4) is 0 Å². The molecule has 22 heavy (non-hydrogen) atoms. The molecule has 0 fully saturated rings. The number of halogens is 1. The molecule has 0 bridgehead atoms. The second kappa shape index (κ2) is 8.76. The number of para-hydroxylation sites is 1. The molecule has 2 N–H and O–H groups in total. The first-order valence-electron chi connectivity index (χ1n) is 7.08. The highest BCUT2D eigenvalue weighted by atomic mass is 32.2. The number of benzene rings is 2. The van der Waals surface area contributed by atoms with Crippen LogP contribution in [0.3, 0.4) is 0 Å². The lowest BCUT2D eigenvalue weighted by Crippen LogP contribution is -2.30. The van der Waals surface area contributed by atoms with Gasteiger partial charge in [-0.05, 0) is 36.8 Å². The van der Waals surface area contributed by atoms with Crippen LogP contribution in [0.5, 0.6) is 0 Å². The SMILES string of the molecule is Cc1cccc(CSCCNC(=S)Nc2ccccc2F)c1. The molecule has 0 unspecified atom stereocenters. The average Bonchev–Trinajstić information content (AvgIpc) is 2.49. The smallest absolute Gasteiger partial charge is 0.170 e. The van der Waals surface area contributed by atoms with E-state index in [9.17, 15) is 4.39 Å². The summed E-state index contributed by atoms with van der Waals surface area (Å²) >= 11 is 7.00. The van der Waals surface area contributed by atoms with Crippen molar-refractivity contribution in [1.82, 2.24) is 5.32 Å². The third-order valence-electron chi connectivity index (χ3n) is 3.01. The summed E-state index contributed by atoms with van der Waals surface area (Å²) in [5.74, 6) is 1.62. The highest BCUT2D eigenvalue weighted by molar-refractivity contribution is 7.98. The van der Waals surface area contributed by atoms with Gasteiger partial charge < -0.3 is 10.6 Å². The van der Waals surface area contributed by atoms with E-state index >= 15 is 0 Å². The van der Waals surface area contributed by atoms with E-state index in [0.29, 0.717) is 10.8 Å². The van der Waals surface area contributed by atoms with Crippen molar-refractivity contribution in [2.24, 2.45) is 0 Å². The Morgan fingerprint density at radius 1 is 1.18 bits per heavy atom. The van der Waals surface area contributed by atoms with Gasteiger partial charge in [-0.15, -0.1) is 0 Å². The zero-order valence-corrected chi connectivity index (χ0v) is 14.1. The van der Waals surface area contributed by atoms with Gasteiger partial charge in [-0.2, -0.15) is 11.8 Å². The second-order valence-corrected chi connectivity index (χ2v) is 6.42. The van der Waals surface area contributed by atoms with Crippen LogP contribution >= 0.6 is 24.0 Å². The summed E-state index contributed by atoms with van der Waals surface area (Å²) < 4.78 is 13.5. The fraction of sp³-hybridized carbons (Fsp3) is 0.235. The molecular formula is C17H19FN2S2. The Morgan fingerprint density at radius 2 is 2.00 bits per heavy atom. The summed E-state index contributed by atoms with van der Waals surface area (Å²) in [6, 6.07) is 15.0. The molecule has 2 aromatic rings. The Hall–Kier alpha value is -1.59. The fourth-order valence-electron chi connectivity index (χ4n) is 1.96. The third-order valence-corrected chi connectivity index (χ3v) is 4.28. The van der Waals surface area contributed by atoms with E-state index in [-0.39, 0.29) is 5.82 Å². The van der Waals surface area contributed by atoms with Gasteiger partial charge in [0, 0.05) is 18.1 Å². The second-order valence-electron chi connectivity index (χ2n) is 4.90. The van der Waals surface area contributed by atoms with E-state index < -0.39 is 0 Å². The summed E-state index contributed by atoms with van der Waals surface area (Å²) in [5.41, 5.74) is 3.01. The number of hydrogen-bond acceptors (Lipinski definition) is 2. The highest BCUT2D eigenvalue weighted by Gasteiger charge is 2.02. The van der Waals surface area contributed by atoms with Crippen LogP contribution in [0.1, 0.15) is 11.1 Å². The monoisotopic (exact) mass is 334 g/mol. The molecule has 2 rings (SSSR count). The third kappa shape index (κ3) is 5.66. The molecule has 0 radical (unpaired) electrons. The Balaban J connectivity index is 1.64. The minimum Gasteiger partial charge on any atom is -0.362 e. The molecule has 0 amide bonds. The molecule has 0 aliphatic carbocycles. The first kappa shape index (κ1) is 16.8. The predicted molar refractivity (Wildman–Crippen MR) is 98.0 cm³/mol. The summed E-state index contributed by atoms with van der Waals surface area (Å²) in [6.45, 7) is 2.85. The minimum atomic E-state index is -0.305. The minimum absolute atomic E-state index is 0.305. The number of anilines is 1. The standard InChI is InChI=1S/C17H19FN2S2/c1-13-5-4-6-14(11-13)12-22-10-9-19-17(21)20-16-8-3-2-7-15(16)18/h2-8,11H,9-10,12H2,1H3,(H2,19,20,21). The van der Waals surface area contributed by atoms with Gasteiger partial charge in [0.2, 0.25) is 0 Å². The number of rotatable bonds is 6. The first-order valence-corrected chi connectivity index (χ1v) is 8.64. The summed E-state index contributed by atoms with van der Waals surface area (Å²) in [7, 11) is 0. The van der Waals surface area contributed by atoms with Crippen LogP contribution in [0.4, 0.5) is 10.1 Å². The summed E-state index contributed by atoms with van der Waals surface area (Å²) in [4.78, 5) is 0. The Kier molecular flexibility index (Phi) is 6.68. The first-order chi connectivity index (χ1) is 10.6. The molecule has 0 saturated heterocycles. The van der Waals surface area contributed by atoms with E-state index in [0.717, 1.165) is 18.1 Å². The average molecular weight is 334 g/mol. The van der Waals surface area contributed by atoms with Gasteiger partial charge in [-0.25, -0.2) is 4.39 Å². The molecule has 0 aliphatic rings. The molecule has 2 nitrogen and oxygen atoms in total. The molecule has 0 atom stereocenters. The van der Waals surface area contributed by atoms with Crippen LogP contribution in [-0.4, -0.2) is 17.4 Å². The molecule has 0 aromatic heterocycles. The zero-order chi connectivity index (χ0) is 15.8. The van der Waals surface area contributed by atoms with Crippen molar-refractivity contribution in [1.29, 1.82) is 0 Å². The maximum absolute atomic E-state index is 13.5. The summed E-state index contributed by atoms with van der Waals surface area (Å²) in [5, 5.41) is 6.40. The number of thiocarbonyl (C=S) groups is 1. The van der Waals surface area contributed by atoms with E-state index in [2.05, 4.69) is 41.8 Å². The lowest BCUT2D eigenvalue weighted by Gasteiger charge is -2.11. The van der Waals surface area contributed by atoms with Gasteiger partial charge in [0.25, 0.3) is 0 Å². The van der Waals surface area contributed by atoms with E-state index in [1.165, 1.54) is 17.2 Å². The topological polar surface area (TPSA) is 24.1 Å². The van der Waals surface area contributed by atoms with Gasteiger partial charge in [0.15, 0.2) is 5.11 Å². The van der Waals surface area contributed by atoms with E-state index in [4.69, 9.17) is 12.2 Å². The van der Waals surface area contributed by atoms with Crippen LogP contribution in [0, 0.1) is 12.7 Å². The lowest BCUT2D eigenvalue weighted by atomic mass is 10.2. The van der Waals surface area contributed by atoms with Crippen molar-refractivity contribution < 1.29 is 4.39 Å². The van der Waals surface area contributed by atoms with Gasteiger partial charge in [-0.1, -0.05) is 42.0 Å². The van der Waals surface area contributed by atoms with Crippen molar-refractivity contribution in [3.63, 3.8) is 0 Å². The normalized spacial score (nSPS) is 10.3. The molecule has 116 valence electrons. The lowest BCUT2D eigenvalue weighted by molar-refractivity contribution is 0.632. The van der Waals surface area contributed by atoms with Gasteiger partial charge in [-0.3, -0.25) is 0 Å². The fourth-order valence-corrected chi connectivity index (χ4v) is 2.98. The predicted octanol–water partition coefficient (Wildman–Crippen LogP) is 4.35. The Morgan fingerprint density at radius 3 is 2.77 bits per heavy atom. The molecule has 2 aromatic carbocycles. The molecule has 5 heteroatoms. The van der Waals surface area contributed by atoms with Crippen LogP contribution < -0.4 is 10.6 Å². The Bertz CT molecular complexity index is 632. The van der Waals surface area contributed by atoms with Crippen molar-refractivity contribution >= 4 is 34.8 Å². The number of nitrogens with one attached hydrogen (secondary N) is 2. The molecule has 0 saturated carbocycles. The molecule has 0 spiro atoms. The maximum Gasteiger partial charge on any atom is 0.170 e. The largest absolute Gasteiger partial charge is 0.362 e. The maximum atomic E-state index is 13.5. The van der Waals surface area contributed by atoms with E-state index in [1.807, 2.05) is 11.8 Å². The number of hydrogen-bond donors (Lipinski definition) is 2.